The van der Waals surface area contributed by atoms with Gasteiger partial charge in [0.2, 0.25) is 0 Å². The number of alkyl halides is 1. The predicted octanol–water partition coefficient (Wildman–Crippen LogP) is 2.11. The topological polar surface area (TPSA) is 21.6 Å². The highest BCUT2D eigenvalue weighted by Gasteiger charge is 2.08. The van der Waals surface area contributed by atoms with E-state index in [2.05, 4.69) is 5.16 Å². The van der Waals surface area contributed by atoms with Crippen molar-refractivity contribution in [1.29, 1.82) is 0 Å². The Labute approximate surface area is 71.2 Å². The quantitative estimate of drug-likeness (QED) is 0.461. The zero-order chi connectivity index (χ0) is 8.10. The van der Waals surface area contributed by atoms with Crippen molar-refractivity contribution in [2.45, 2.75) is 12.3 Å². The van der Waals surface area contributed by atoms with Crippen molar-refractivity contribution in [2.24, 2.45) is 5.16 Å². The molecule has 0 aromatic carbocycles. The number of hydrogen-bond donors (Lipinski definition) is 0. The molecule has 1 aliphatic carbocycles. The van der Waals surface area contributed by atoms with Crippen molar-refractivity contribution in [1.82, 2.24) is 0 Å². The summed E-state index contributed by atoms with van der Waals surface area (Å²) in [6.07, 6.45) is 7.48. The van der Waals surface area contributed by atoms with Gasteiger partial charge in [0.1, 0.15) is 12.3 Å². The Bertz CT molecular complexity index is 208. The molecule has 1 unspecified atom stereocenters. The Kier molecular flexibility index (Phi) is 3.17. The SMILES string of the molecule is CCON=C1C=CC=CC1Cl. The first-order chi connectivity index (χ1) is 5.34. The molecule has 2 nitrogen and oxygen atoms in total. The van der Waals surface area contributed by atoms with Crippen LogP contribution >= 0.6 is 11.6 Å². The van der Waals surface area contributed by atoms with E-state index in [4.69, 9.17) is 16.4 Å². The summed E-state index contributed by atoms with van der Waals surface area (Å²) in [7, 11) is 0. The van der Waals surface area contributed by atoms with Crippen LogP contribution in [0.5, 0.6) is 0 Å². The minimum atomic E-state index is -0.147. The average molecular weight is 172 g/mol. The summed E-state index contributed by atoms with van der Waals surface area (Å²) in [6, 6.07) is 0. The second-order valence-electron chi connectivity index (χ2n) is 2.08. The lowest BCUT2D eigenvalue weighted by Crippen LogP contribution is -2.11. The summed E-state index contributed by atoms with van der Waals surface area (Å²) in [4.78, 5) is 4.86. The highest BCUT2D eigenvalue weighted by molar-refractivity contribution is 6.35. The molecule has 0 heterocycles. The van der Waals surface area contributed by atoms with E-state index in [0.717, 1.165) is 5.71 Å². The van der Waals surface area contributed by atoms with E-state index in [1.54, 1.807) is 0 Å². The van der Waals surface area contributed by atoms with E-state index in [9.17, 15) is 0 Å². The largest absolute Gasteiger partial charge is 0.396 e. The number of hydrogen-bond acceptors (Lipinski definition) is 2. The summed E-state index contributed by atoms with van der Waals surface area (Å²) in [5.74, 6) is 0. The molecule has 0 bridgehead atoms. The molecule has 0 aromatic rings. The van der Waals surface area contributed by atoms with Crippen LogP contribution in [0.3, 0.4) is 0 Å². The number of oxime groups is 1. The van der Waals surface area contributed by atoms with E-state index in [-0.39, 0.29) is 5.38 Å². The number of rotatable bonds is 2. The van der Waals surface area contributed by atoms with Crippen LogP contribution in [-0.2, 0) is 4.84 Å². The van der Waals surface area contributed by atoms with E-state index in [1.165, 1.54) is 0 Å². The van der Waals surface area contributed by atoms with Gasteiger partial charge in [0.25, 0.3) is 0 Å². The zero-order valence-corrected chi connectivity index (χ0v) is 7.08. The molecule has 0 radical (unpaired) electrons. The molecule has 60 valence electrons. The lowest BCUT2D eigenvalue weighted by Gasteiger charge is -2.06. The summed E-state index contributed by atoms with van der Waals surface area (Å²) >= 11 is 5.87. The number of halogens is 1. The fourth-order valence-electron chi connectivity index (χ4n) is 0.726. The van der Waals surface area contributed by atoms with E-state index in [1.807, 2.05) is 31.2 Å². The Balaban J connectivity index is 2.57. The van der Waals surface area contributed by atoms with Crippen LogP contribution in [0.2, 0.25) is 0 Å². The van der Waals surface area contributed by atoms with Gasteiger partial charge in [-0.3, -0.25) is 0 Å². The fourth-order valence-corrected chi connectivity index (χ4v) is 0.923. The molecule has 0 aliphatic heterocycles. The number of nitrogens with zero attached hydrogens (tertiary/aromatic N) is 1. The van der Waals surface area contributed by atoms with Crippen molar-refractivity contribution >= 4 is 17.3 Å². The van der Waals surface area contributed by atoms with Gasteiger partial charge < -0.3 is 4.84 Å². The van der Waals surface area contributed by atoms with Crippen LogP contribution < -0.4 is 0 Å². The van der Waals surface area contributed by atoms with Gasteiger partial charge in [0.15, 0.2) is 0 Å². The minimum Gasteiger partial charge on any atom is -0.396 e. The van der Waals surface area contributed by atoms with E-state index >= 15 is 0 Å². The Morgan fingerprint density at radius 2 is 2.45 bits per heavy atom. The van der Waals surface area contributed by atoms with Crippen LogP contribution in [0.1, 0.15) is 6.92 Å². The van der Waals surface area contributed by atoms with Crippen molar-refractivity contribution in [3.63, 3.8) is 0 Å². The Hall–Kier alpha value is -0.760. The van der Waals surface area contributed by atoms with Gasteiger partial charge in [0, 0.05) is 0 Å². The van der Waals surface area contributed by atoms with Crippen molar-refractivity contribution in [3.8, 4) is 0 Å². The third kappa shape index (κ3) is 2.39. The Morgan fingerprint density at radius 3 is 3.09 bits per heavy atom. The van der Waals surface area contributed by atoms with Gasteiger partial charge in [-0.05, 0) is 13.0 Å². The van der Waals surface area contributed by atoms with Crippen LogP contribution in [-0.4, -0.2) is 17.7 Å². The third-order valence-corrected chi connectivity index (χ3v) is 1.61. The maximum Gasteiger partial charge on any atom is 0.114 e. The molecule has 11 heavy (non-hydrogen) atoms. The van der Waals surface area contributed by atoms with Crippen LogP contribution in [0.15, 0.2) is 29.5 Å². The smallest absolute Gasteiger partial charge is 0.114 e. The first kappa shape index (κ1) is 8.34. The van der Waals surface area contributed by atoms with Gasteiger partial charge in [-0.1, -0.05) is 23.4 Å². The molecule has 0 spiro atoms. The second-order valence-corrected chi connectivity index (χ2v) is 2.55. The molecule has 1 rings (SSSR count). The third-order valence-electron chi connectivity index (χ3n) is 1.24. The monoisotopic (exact) mass is 171 g/mol. The normalized spacial score (nSPS) is 26.0. The number of allylic oxidation sites excluding steroid dienone is 4. The van der Waals surface area contributed by atoms with Gasteiger partial charge >= 0.3 is 0 Å². The molecule has 0 saturated carbocycles. The maximum absolute atomic E-state index is 5.87. The summed E-state index contributed by atoms with van der Waals surface area (Å²) < 4.78 is 0. The molecular formula is C8H10ClNO. The minimum absolute atomic E-state index is 0.147. The van der Waals surface area contributed by atoms with Gasteiger partial charge in [-0.25, -0.2) is 0 Å². The molecular weight excluding hydrogens is 162 g/mol. The van der Waals surface area contributed by atoms with Gasteiger partial charge in [-0.15, -0.1) is 11.6 Å². The molecule has 0 aromatic heterocycles. The lowest BCUT2D eigenvalue weighted by atomic mass is 10.1. The average Bonchev–Trinajstić information content (AvgIpc) is 2.03. The summed E-state index contributed by atoms with van der Waals surface area (Å²) in [5, 5.41) is 3.68. The first-order valence-electron chi connectivity index (χ1n) is 3.53. The van der Waals surface area contributed by atoms with Crippen LogP contribution in [0.25, 0.3) is 0 Å². The van der Waals surface area contributed by atoms with Crippen molar-refractivity contribution in [3.05, 3.63) is 24.3 Å². The molecule has 0 fully saturated rings. The van der Waals surface area contributed by atoms with E-state index in [0.29, 0.717) is 6.61 Å². The van der Waals surface area contributed by atoms with Crippen molar-refractivity contribution in [2.75, 3.05) is 6.61 Å². The fraction of sp³-hybridized carbons (Fsp3) is 0.375. The Morgan fingerprint density at radius 1 is 1.64 bits per heavy atom. The molecule has 1 atom stereocenters. The second kappa shape index (κ2) is 4.19. The standard InChI is InChI=1S/C8H10ClNO/c1-2-11-10-8-6-4-3-5-7(8)9/h3-7H,2H2,1H3. The zero-order valence-electron chi connectivity index (χ0n) is 6.33. The highest BCUT2D eigenvalue weighted by Crippen LogP contribution is 2.08. The maximum atomic E-state index is 5.87. The first-order valence-corrected chi connectivity index (χ1v) is 3.97. The van der Waals surface area contributed by atoms with E-state index < -0.39 is 0 Å². The molecule has 3 heteroatoms. The van der Waals surface area contributed by atoms with Gasteiger partial charge in [0.05, 0.1) is 5.38 Å². The molecule has 0 saturated heterocycles. The summed E-state index contributed by atoms with van der Waals surface area (Å²) in [6.45, 7) is 2.46. The predicted molar refractivity (Wildman–Crippen MR) is 47.0 cm³/mol. The van der Waals surface area contributed by atoms with Crippen molar-refractivity contribution < 1.29 is 4.84 Å². The van der Waals surface area contributed by atoms with Gasteiger partial charge in [-0.2, -0.15) is 0 Å². The molecule has 0 amide bonds. The molecule has 0 N–H and O–H groups in total. The highest BCUT2D eigenvalue weighted by atomic mass is 35.5. The molecule has 1 aliphatic rings. The lowest BCUT2D eigenvalue weighted by molar-refractivity contribution is 0.159. The summed E-state index contributed by atoms with van der Waals surface area (Å²) in [5.41, 5.74) is 0.760. The van der Waals surface area contributed by atoms with Crippen LogP contribution in [0, 0.1) is 0 Å². The van der Waals surface area contributed by atoms with Crippen LogP contribution in [0.4, 0.5) is 0 Å².